The summed E-state index contributed by atoms with van der Waals surface area (Å²) in [4.78, 5) is 12.0. The topological polar surface area (TPSA) is 61.6 Å². The molecule has 2 N–H and O–H groups in total. The van der Waals surface area contributed by atoms with E-state index in [1.165, 1.54) is 0 Å². The Morgan fingerprint density at radius 1 is 1.35 bits per heavy atom. The van der Waals surface area contributed by atoms with E-state index in [0.717, 1.165) is 6.92 Å². The number of amides is 1. The third kappa shape index (κ3) is 2.97. The van der Waals surface area contributed by atoms with E-state index in [0.29, 0.717) is 19.1 Å². The molecule has 1 saturated heterocycles. The molecule has 146 valence electrons. The molecular formula is C15H14F7NO3. The van der Waals surface area contributed by atoms with E-state index in [9.17, 15) is 35.5 Å². The fraction of sp³-hybridized carbons (Fsp3) is 0.533. The zero-order valence-corrected chi connectivity index (χ0v) is 13.5. The number of primary amides is 1. The lowest BCUT2D eigenvalue weighted by atomic mass is 9.82. The number of hydrogen-bond donors (Lipinski definition) is 1. The molecule has 0 radical (unpaired) electrons. The van der Waals surface area contributed by atoms with Crippen LogP contribution in [0.5, 0.6) is 5.75 Å². The Labute approximate surface area is 143 Å². The Morgan fingerprint density at radius 3 is 2.35 bits per heavy atom. The molecule has 0 spiro atoms. The summed E-state index contributed by atoms with van der Waals surface area (Å²) in [6, 6.07) is 1.08. The standard InChI is InChI=1S/C15H14F7NO3/c1-6-5-14(11(23)24,26-13(6,2)15(20,21)22)7-3-4-8(16)9(17)10(7)25-12(18)19/h3-4,6,12H,5H2,1-2H3,(H2,23,24). The van der Waals surface area contributed by atoms with Crippen LogP contribution in [-0.4, -0.2) is 24.3 Å². The molecule has 0 saturated carbocycles. The average Bonchev–Trinajstić information content (AvgIpc) is 2.77. The summed E-state index contributed by atoms with van der Waals surface area (Å²) in [5.41, 5.74) is -1.17. The van der Waals surface area contributed by atoms with E-state index in [-0.39, 0.29) is 0 Å². The molecule has 1 aliphatic rings. The van der Waals surface area contributed by atoms with Crippen LogP contribution in [0.15, 0.2) is 12.1 Å². The van der Waals surface area contributed by atoms with Crippen molar-refractivity contribution in [1.82, 2.24) is 0 Å². The van der Waals surface area contributed by atoms with Crippen molar-refractivity contribution in [3.05, 3.63) is 29.3 Å². The molecule has 1 amide bonds. The molecule has 1 aromatic carbocycles. The largest absolute Gasteiger partial charge is 0.431 e. The molecule has 3 unspecified atom stereocenters. The Kier molecular flexibility index (Phi) is 4.90. The molecule has 0 bridgehead atoms. The molecule has 2 rings (SSSR count). The van der Waals surface area contributed by atoms with Gasteiger partial charge in [0.25, 0.3) is 5.91 Å². The third-order valence-corrected chi connectivity index (χ3v) is 4.57. The van der Waals surface area contributed by atoms with E-state index in [1.807, 2.05) is 0 Å². The van der Waals surface area contributed by atoms with Gasteiger partial charge in [-0.25, -0.2) is 4.39 Å². The summed E-state index contributed by atoms with van der Waals surface area (Å²) >= 11 is 0. The molecule has 1 aliphatic heterocycles. The van der Waals surface area contributed by atoms with Crippen LogP contribution < -0.4 is 10.5 Å². The van der Waals surface area contributed by atoms with Crippen molar-refractivity contribution in [1.29, 1.82) is 0 Å². The van der Waals surface area contributed by atoms with Crippen molar-refractivity contribution in [2.45, 2.75) is 44.3 Å². The Hall–Kier alpha value is -2.04. The van der Waals surface area contributed by atoms with Gasteiger partial charge in [0, 0.05) is 5.56 Å². The molecular weight excluding hydrogens is 375 g/mol. The molecule has 1 aromatic rings. The van der Waals surface area contributed by atoms with Gasteiger partial charge in [0.05, 0.1) is 0 Å². The first-order valence-electron chi connectivity index (χ1n) is 7.26. The molecule has 11 heteroatoms. The number of alkyl halides is 5. The molecule has 1 fully saturated rings. The number of benzene rings is 1. The number of carbonyl (C=O) groups excluding carboxylic acids is 1. The first-order valence-corrected chi connectivity index (χ1v) is 7.26. The SMILES string of the molecule is CC1CC(C(N)=O)(c2ccc(F)c(F)c2OC(F)F)OC1(C)C(F)(F)F. The zero-order chi connectivity index (χ0) is 20.1. The van der Waals surface area contributed by atoms with Crippen molar-refractivity contribution >= 4 is 5.91 Å². The summed E-state index contributed by atoms with van der Waals surface area (Å²) in [6.07, 6.45) is -5.66. The van der Waals surface area contributed by atoms with Crippen molar-refractivity contribution < 1.29 is 45.0 Å². The van der Waals surface area contributed by atoms with Crippen molar-refractivity contribution in [2.75, 3.05) is 0 Å². The lowest BCUT2D eigenvalue weighted by molar-refractivity contribution is -0.285. The Morgan fingerprint density at radius 2 is 1.92 bits per heavy atom. The fourth-order valence-corrected chi connectivity index (χ4v) is 2.97. The number of halogens is 7. The van der Waals surface area contributed by atoms with E-state index in [4.69, 9.17) is 10.5 Å². The molecule has 0 aromatic heterocycles. The maximum atomic E-state index is 14.0. The van der Waals surface area contributed by atoms with E-state index in [2.05, 4.69) is 4.74 Å². The summed E-state index contributed by atoms with van der Waals surface area (Å²) in [7, 11) is 0. The van der Waals surface area contributed by atoms with Gasteiger partial charge in [-0.2, -0.15) is 26.3 Å². The summed E-state index contributed by atoms with van der Waals surface area (Å²) in [6.45, 7) is -1.88. The predicted octanol–water partition coefficient (Wildman–Crippen LogP) is 3.62. The van der Waals surface area contributed by atoms with Gasteiger partial charge in [0.2, 0.25) is 5.82 Å². The minimum absolute atomic E-state index is 0.449. The van der Waals surface area contributed by atoms with Gasteiger partial charge in [-0.3, -0.25) is 4.79 Å². The highest BCUT2D eigenvalue weighted by Gasteiger charge is 2.67. The van der Waals surface area contributed by atoms with Gasteiger partial charge in [0.1, 0.15) is 0 Å². The molecule has 1 heterocycles. The van der Waals surface area contributed by atoms with Crippen LogP contribution in [0.4, 0.5) is 30.7 Å². The molecule has 3 atom stereocenters. The fourth-order valence-electron chi connectivity index (χ4n) is 2.97. The second-order valence-corrected chi connectivity index (χ2v) is 6.12. The summed E-state index contributed by atoms with van der Waals surface area (Å²) in [5.74, 6) is -7.78. The van der Waals surface area contributed by atoms with Gasteiger partial charge >= 0.3 is 12.8 Å². The van der Waals surface area contributed by atoms with E-state index >= 15 is 0 Å². The third-order valence-electron chi connectivity index (χ3n) is 4.57. The second kappa shape index (κ2) is 6.29. The first kappa shape index (κ1) is 20.3. The maximum absolute atomic E-state index is 14.0. The zero-order valence-electron chi connectivity index (χ0n) is 13.5. The summed E-state index contributed by atoms with van der Waals surface area (Å²) < 4.78 is 102. The van der Waals surface area contributed by atoms with Gasteiger partial charge in [0.15, 0.2) is 22.8 Å². The van der Waals surface area contributed by atoms with Crippen molar-refractivity contribution in [3.63, 3.8) is 0 Å². The van der Waals surface area contributed by atoms with Crippen LogP contribution in [0.2, 0.25) is 0 Å². The average molecular weight is 389 g/mol. The molecule has 0 aliphatic carbocycles. The van der Waals surface area contributed by atoms with Crippen molar-refractivity contribution in [2.24, 2.45) is 11.7 Å². The second-order valence-electron chi connectivity index (χ2n) is 6.12. The number of rotatable bonds is 4. The lowest BCUT2D eigenvalue weighted by Crippen LogP contribution is -2.50. The maximum Gasteiger partial charge on any atom is 0.417 e. The number of nitrogens with two attached hydrogens (primary N) is 1. The van der Waals surface area contributed by atoms with Crippen LogP contribution in [0.3, 0.4) is 0 Å². The van der Waals surface area contributed by atoms with Crippen LogP contribution in [0.25, 0.3) is 0 Å². The lowest BCUT2D eigenvalue weighted by Gasteiger charge is -2.34. The van der Waals surface area contributed by atoms with Gasteiger partial charge < -0.3 is 15.2 Å². The van der Waals surface area contributed by atoms with Crippen LogP contribution in [-0.2, 0) is 15.1 Å². The quantitative estimate of drug-likeness (QED) is 0.801. The van der Waals surface area contributed by atoms with Crippen LogP contribution in [0.1, 0.15) is 25.8 Å². The molecule has 26 heavy (non-hydrogen) atoms. The van der Waals surface area contributed by atoms with Gasteiger partial charge in [-0.05, 0) is 31.4 Å². The highest BCUT2D eigenvalue weighted by molar-refractivity contribution is 5.86. The Bertz CT molecular complexity index is 724. The molecule has 4 nitrogen and oxygen atoms in total. The minimum atomic E-state index is -4.95. The monoisotopic (exact) mass is 389 g/mol. The first-order chi connectivity index (χ1) is 11.8. The van der Waals surface area contributed by atoms with E-state index in [1.54, 1.807) is 0 Å². The van der Waals surface area contributed by atoms with Gasteiger partial charge in [-0.1, -0.05) is 6.92 Å². The number of ether oxygens (including phenoxy) is 2. The smallest absolute Gasteiger partial charge is 0.417 e. The predicted molar refractivity (Wildman–Crippen MR) is 73.2 cm³/mol. The van der Waals surface area contributed by atoms with Gasteiger partial charge in [-0.15, -0.1) is 0 Å². The van der Waals surface area contributed by atoms with Crippen LogP contribution >= 0.6 is 0 Å². The van der Waals surface area contributed by atoms with E-state index < -0.39 is 65.2 Å². The van der Waals surface area contributed by atoms with Crippen molar-refractivity contribution in [3.8, 4) is 5.75 Å². The summed E-state index contributed by atoms with van der Waals surface area (Å²) in [5, 5.41) is 0. The van der Waals surface area contributed by atoms with Crippen LogP contribution in [0, 0.1) is 17.6 Å². The number of hydrogen-bond acceptors (Lipinski definition) is 3. The highest BCUT2D eigenvalue weighted by atomic mass is 19.4. The number of carbonyl (C=O) groups is 1. The normalized spacial score (nSPS) is 29.2. The highest BCUT2D eigenvalue weighted by Crippen LogP contribution is 2.56. The Balaban J connectivity index is 2.71. The minimum Gasteiger partial charge on any atom is -0.431 e.